The molecule has 0 heterocycles. The maximum absolute atomic E-state index is 9.95. The fraction of sp³-hybridized carbons (Fsp3) is 0.800. The van der Waals surface area contributed by atoms with E-state index in [1.165, 1.54) is 0 Å². The number of carboxylic acid groups (broad SMARTS) is 1. The first-order valence-corrected chi connectivity index (χ1v) is 9.38. The third-order valence-electron chi connectivity index (χ3n) is 0.603. The predicted molar refractivity (Wildman–Crippen MR) is 33.2 cm³/mol. The molecular formula is C5H11AsO2-. The summed E-state index contributed by atoms with van der Waals surface area (Å²) in [6.45, 7) is 0. The Bertz CT molecular complexity index is 93.1. The summed E-state index contributed by atoms with van der Waals surface area (Å²) in [6.07, 6.45) is 0. The fourth-order valence-corrected chi connectivity index (χ4v) is 2.01. The van der Waals surface area contributed by atoms with E-state index >= 15 is 0 Å². The first kappa shape index (κ1) is 8.03. The van der Waals surface area contributed by atoms with Crippen LogP contribution in [-0.2, 0) is 4.79 Å². The van der Waals surface area contributed by atoms with Crippen molar-refractivity contribution in [2.75, 3.05) is 0 Å². The summed E-state index contributed by atoms with van der Waals surface area (Å²) in [5.74, 6) is -0.898. The summed E-state index contributed by atoms with van der Waals surface area (Å²) in [6, 6.07) is 0. The molecule has 0 spiro atoms. The Morgan fingerprint density at radius 1 is 1.50 bits per heavy atom. The molecular weight excluding hydrogens is 167 g/mol. The van der Waals surface area contributed by atoms with Gasteiger partial charge in [-0.2, -0.15) is 0 Å². The van der Waals surface area contributed by atoms with E-state index in [-0.39, 0.29) is 0 Å². The molecule has 8 heavy (non-hydrogen) atoms. The average Bonchev–Trinajstić information content (AvgIpc) is 1.21. The summed E-state index contributed by atoms with van der Waals surface area (Å²) in [4.78, 5) is 9.95. The summed E-state index contributed by atoms with van der Waals surface area (Å²) in [5.41, 5.74) is 6.11. The number of hydrogen-bond donors (Lipinski definition) is 0. The molecule has 0 N–H and O–H groups in total. The molecule has 0 aromatic rings. The first-order valence-electron chi connectivity index (χ1n) is 2.42. The second kappa shape index (κ2) is 2.54. The van der Waals surface area contributed by atoms with Gasteiger partial charge in [-0.3, -0.25) is 0 Å². The van der Waals surface area contributed by atoms with Crippen molar-refractivity contribution in [1.29, 1.82) is 0 Å². The second-order valence-electron chi connectivity index (χ2n) is 2.82. The van der Waals surface area contributed by atoms with Crippen LogP contribution in [0.4, 0.5) is 0 Å². The molecule has 0 aromatic carbocycles. The topological polar surface area (TPSA) is 40.1 Å². The predicted octanol–water partition coefficient (Wildman–Crippen LogP) is 0.0745. The van der Waals surface area contributed by atoms with Crippen molar-refractivity contribution < 1.29 is 9.90 Å². The summed E-state index contributed by atoms with van der Waals surface area (Å²) in [7, 11) is 0. The van der Waals surface area contributed by atoms with E-state index in [0.29, 0.717) is 5.21 Å². The molecule has 0 aliphatic rings. The molecule has 0 rings (SSSR count). The van der Waals surface area contributed by atoms with Crippen LogP contribution in [0, 0.1) is 0 Å². The summed E-state index contributed by atoms with van der Waals surface area (Å²) >= 11 is -1.68. The molecule has 0 saturated carbocycles. The van der Waals surface area contributed by atoms with Crippen molar-refractivity contribution in [1.82, 2.24) is 0 Å². The van der Waals surface area contributed by atoms with Crippen molar-refractivity contribution in [3.05, 3.63) is 0 Å². The van der Waals surface area contributed by atoms with Crippen molar-refractivity contribution in [3.8, 4) is 0 Å². The van der Waals surface area contributed by atoms with Crippen LogP contribution >= 0.6 is 0 Å². The maximum atomic E-state index is 9.95. The van der Waals surface area contributed by atoms with Gasteiger partial charge in [0.25, 0.3) is 0 Å². The Kier molecular flexibility index (Phi) is 2.55. The van der Waals surface area contributed by atoms with Gasteiger partial charge in [-0.15, -0.1) is 0 Å². The Labute approximate surface area is 52.3 Å². The standard InChI is InChI=1S/C5H12AsO2/c1-6(2,3)4-5(7)8/h4H2,1-3H3,(H,7,8)/p-1. The van der Waals surface area contributed by atoms with Gasteiger partial charge >= 0.3 is 51.8 Å². The minimum atomic E-state index is -1.68. The SMILES string of the molecule is C[As](C)(C)CC(=O)[O-]. The van der Waals surface area contributed by atoms with E-state index in [1.807, 2.05) is 17.1 Å². The van der Waals surface area contributed by atoms with Gasteiger partial charge in [0.05, 0.1) is 0 Å². The van der Waals surface area contributed by atoms with Crippen LogP contribution in [0.2, 0.25) is 22.3 Å². The molecule has 0 fully saturated rings. The molecule has 0 bridgehead atoms. The van der Waals surface area contributed by atoms with Gasteiger partial charge in [0.2, 0.25) is 0 Å². The van der Waals surface area contributed by atoms with Gasteiger partial charge in [-0.1, -0.05) is 0 Å². The summed E-state index contributed by atoms with van der Waals surface area (Å²) in [5, 5.41) is 10.3. The molecule has 0 aliphatic heterocycles. The number of carboxylic acids is 1. The van der Waals surface area contributed by atoms with E-state index in [9.17, 15) is 9.90 Å². The molecule has 2 nitrogen and oxygen atoms in total. The molecule has 3 heteroatoms. The van der Waals surface area contributed by atoms with Crippen LogP contribution in [-0.4, -0.2) is 19.5 Å². The van der Waals surface area contributed by atoms with E-state index in [1.54, 1.807) is 0 Å². The normalized spacial score (nSPS) is 11.4. The van der Waals surface area contributed by atoms with Crippen LogP contribution in [0.15, 0.2) is 0 Å². The zero-order valence-electron chi connectivity index (χ0n) is 5.47. The molecule has 1 radical (unpaired) electrons. The van der Waals surface area contributed by atoms with Crippen LogP contribution in [0.1, 0.15) is 0 Å². The third kappa shape index (κ3) is 6.03. The van der Waals surface area contributed by atoms with E-state index in [0.717, 1.165) is 0 Å². The van der Waals surface area contributed by atoms with Gasteiger partial charge in [0.1, 0.15) is 0 Å². The molecule has 0 aliphatic carbocycles. The number of hydrogen-bond acceptors (Lipinski definition) is 2. The van der Waals surface area contributed by atoms with Gasteiger partial charge in [-0.25, -0.2) is 0 Å². The van der Waals surface area contributed by atoms with E-state index < -0.39 is 19.5 Å². The molecule has 0 aromatic heterocycles. The van der Waals surface area contributed by atoms with Crippen LogP contribution in [0.3, 0.4) is 0 Å². The number of carbonyl (C=O) groups excluding carboxylic acids is 1. The van der Waals surface area contributed by atoms with Gasteiger partial charge in [0.15, 0.2) is 0 Å². The van der Waals surface area contributed by atoms with E-state index in [4.69, 9.17) is 0 Å². The minimum absolute atomic E-state index is 0.304. The zero-order chi connectivity index (χ0) is 6.78. The summed E-state index contributed by atoms with van der Waals surface area (Å²) < 4.78 is 0. The third-order valence-corrected chi connectivity index (χ3v) is 3.14. The van der Waals surface area contributed by atoms with Gasteiger partial charge in [-0.05, 0) is 0 Å². The Hall–Kier alpha value is 0.0284. The molecule has 0 saturated heterocycles. The Balaban J connectivity index is 3.55. The number of rotatable bonds is 2. The number of carbonyl (C=O) groups is 1. The fourth-order valence-electron chi connectivity index (χ4n) is 0.387. The van der Waals surface area contributed by atoms with Crippen molar-refractivity contribution in [2.24, 2.45) is 0 Å². The molecule has 0 amide bonds. The van der Waals surface area contributed by atoms with Gasteiger partial charge in [0, 0.05) is 0 Å². The molecule has 49 valence electrons. The van der Waals surface area contributed by atoms with Crippen LogP contribution in [0.5, 0.6) is 0 Å². The second-order valence-corrected chi connectivity index (χ2v) is 13.1. The Morgan fingerprint density at radius 3 is 1.88 bits per heavy atom. The van der Waals surface area contributed by atoms with Crippen molar-refractivity contribution in [2.45, 2.75) is 22.3 Å². The molecule has 0 unspecified atom stereocenters. The van der Waals surface area contributed by atoms with E-state index in [2.05, 4.69) is 0 Å². The first-order chi connectivity index (χ1) is 3.42. The quantitative estimate of drug-likeness (QED) is 0.561. The van der Waals surface area contributed by atoms with Crippen molar-refractivity contribution in [3.63, 3.8) is 0 Å². The number of aliphatic carboxylic acids is 1. The Morgan fingerprint density at radius 2 is 1.88 bits per heavy atom. The molecule has 0 atom stereocenters. The monoisotopic (exact) mass is 178 g/mol. The average molecular weight is 178 g/mol. The van der Waals surface area contributed by atoms with Crippen LogP contribution < -0.4 is 5.11 Å². The zero-order valence-corrected chi connectivity index (χ0v) is 7.35. The van der Waals surface area contributed by atoms with Crippen molar-refractivity contribution >= 4 is 19.5 Å². The van der Waals surface area contributed by atoms with Crippen LogP contribution in [0.25, 0.3) is 0 Å². The van der Waals surface area contributed by atoms with Gasteiger partial charge < -0.3 is 0 Å².